The van der Waals surface area contributed by atoms with Crippen molar-refractivity contribution < 1.29 is 23.1 Å². The first kappa shape index (κ1) is 11.3. The van der Waals surface area contributed by atoms with Gasteiger partial charge < -0.3 is 9.94 Å². The molecule has 1 aromatic rings. The number of methoxy groups -OCH3 is 1. The number of ether oxygens (including phenoxy) is 1. The van der Waals surface area contributed by atoms with Crippen LogP contribution in [0.2, 0.25) is 0 Å². The molecular formula is C7H8F3N3O2. The van der Waals surface area contributed by atoms with E-state index in [2.05, 4.69) is 15.0 Å². The number of nitrogens with zero attached hydrogens (tertiary/aromatic N) is 3. The van der Waals surface area contributed by atoms with Crippen molar-refractivity contribution in [3.8, 4) is 5.88 Å². The minimum absolute atomic E-state index is 0.373. The number of alkyl halides is 3. The van der Waals surface area contributed by atoms with Gasteiger partial charge in [0.25, 0.3) is 0 Å². The predicted octanol–water partition coefficient (Wildman–Crippen LogP) is 1.26. The number of hydrogen-bond donors (Lipinski definition) is 1. The zero-order chi connectivity index (χ0) is 11.6. The molecule has 8 heteroatoms. The number of hydrogen-bond acceptors (Lipinski definition) is 4. The monoisotopic (exact) mass is 223 g/mol. The number of rotatable bonds is 2. The third-order valence-electron chi connectivity index (χ3n) is 1.72. The summed E-state index contributed by atoms with van der Waals surface area (Å²) < 4.78 is 43.1. The minimum Gasteiger partial charge on any atom is -0.479 e. The Morgan fingerprint density at radius 1 is 1.53 bits per heavy atom. The molecule has 0 saturated heterocycles. The lowest BCUT2D eigenvalue weighted by molar-refractivity contribution is -0.138. The average Bonchev–Trinajstić information content (AvgIpc) is 2.43. The van der Waals surface area contributed by atoms with Gasteiger partial charge in [0.1, 0.15) is 5.56 Å². The fourth-order valence-electron chi connectivity index (χ4n) is 1.12. The summed E-state index contributed by atoms with van der Waals surface area (Å²) in [5, 5.41) is 14.3. The van der Waals surface area contributed by atoms with Crippen LogP contribution in [-0.4, -0.2) is 28.3 Å². The predicted molar refractivity (Wildman–Crippen MR) is 44.1 cm³/mol. The van der Waals surface area contributed by atoms with Crippen molar-refractivity contribution in [3.63, 3.8) is 0 Å². The van der Waals surface area contributed by atoms with E-state index in [0.29, 0.717) is 6.21 Å². The van der Waals surface area contributed by atoms with Gasteiger partial charge in [-0.15, -0.1) is 5.10 Å². The van der Waals surface area contributed by atoms with E-state index in [1.165, 1.54) is 7.05 Å². The Kier molecular flexibility index (Phi) is 2.87. The van der Waals surface area contributed by atoms with Crippen LogP contribution < -0.4 is 4.74 Å². The summed E-state index contributed by atoms with van der Waals surface area (Å²) >= 11 is 0. The van der Waals surface area contributed by atoms with E-state index >= 15 is 0 Å². The highest BCUT2D eigenvalue weighted by molar-refractivity contribution is 5.80. The van der Waals surface area contributed by atoms with Crippen LogP contribution in [0.4, 0.5) is 13.2 Å². The summed E-state index contributed by atoms with van der Waals surface area (Å²) in [6.07, 6.45) is -3.96. The van der Waals surface area contributed by atoms with Crippen LogP contribution in [0.25, 0.3) is 0 Å². The van der Waals surface area contributed by atoms with Gasteiger partial charge in [0.05, 0.1) is 19.0 Å². The molecule has 1 N–H and O–H groups in total. The van der Waals surface area contributed by atoms with Gasteiger partial charge in [-0.25, -0.2) is 0 Å². The van der Waals surface area contributed by atoms with Gasteiger partial charge in [0.2, 0.25) is 5.88 Å². The molecule has 1 heterocycles. The van der Waals surface area contributed by atoms with Crippen LogP contribution in [0, 0.1) is 0 Å². The van der Waals surface area contributed by atoms with E-state index in [9.17, 15) is 13.2 Å². The maximum Gasteiger partial charge on any atom is 0.423 e. The van der Waals surface area contributed by atoms with E-state index in [1.54, 1.807) is 0 Å². The highest BCUT2D eigenvalue weighted by atomic mass is 19.4. The molecule has 1 rings (SSSR count). The smallest absolute Gasteiger partial charge is 0.423 e. The number of aryl methyl sites for hydroxylation is 1. The molecule has 0 aliphatic heterocycles. The Morgan fingerprint density at radius 3 is 2.53 bits per heavy atom. The van der Waals surface area contributed by atoms with Gasteiger partial charge in [-0.3, -0.25) is 4.68 Å². The first-order valence-corrected chi connectivity index (χ1v) is 3.77. The minimum atomic E-state index is -4.61. The molecular weight excluding hydrogens is 215 g/mol. The van der Waals surface area contributed by atoms with E-state index < -0.39 is 17.6 Å². The molecule has 1 aromatic heterocycles. The largest absolute Gasteiger partial charge is 0.479 e. The number of oxime groups is 1. The van der Waals surface area contributed by atoms with E-state index in [1.807, 2.05) is 0 Å². The zero-order valence-corrected chi connectivity index (χ0v) is 7.91. The quantitative estimate of drug-likeness (QED) is 0.466. The van der Waals surface area contributed by atoms with Gasteiger partial charge in [-0.05, 0) is 0 Å². The Morgan fingerprint density at radius 2 is 2.13 bits per heavy atom. The van der Waals surface area contributed by atoms with Gasteiger partial charge in [-0.2, -0.15) is 13.2 Å². The summed E-state index contributed by atoms with van der Waals surface area (Å²) in [5.41, 5.74) is -1.44. The first-order valence-electron chi connectivity index (χ1n) is 3.77. The highest BCUT2D eigenvalue weighted by Gasteiger charge is 2.40. The van der Waals surface area contributed by atoms with Crippen LogP contribution >= 0.6 is 0 Å². The van der Waals surface area contributed by atoms with Crippen LogP contribution in [-0.2, 0) is 13.2 Å². The van der Waals surface area contributed by atoms with Gasteiger partial charge in [0, 0.05) is 7.05 Å². The van der Waals surface area contributed by atoms with Crippen LogP contribution in [0.15, 0.2) is 5.16 Å². The SMILES string of the molecule is COc1nn(C)c(/C=N/O)c1C(F)(F)F. The summed E-state index contributed by atoms with van der Waals surface area (Å²) in [4.78, 5) is 0. The van der Waals surface area contributed by atoms with Crippen molar-refractivity contribution in [2.45, 2.75) is 6.18 Å². The number of aromatic nitrogens is 2. The molecule has 0 aromatic carbocycles. The summed E-state index contributed by atoms with van der Waals surface area (Å²) in [6.45, 7) is 0. The van der Waals surface area contributed by atoms with Crippen molar-refractivity contribution in [2.75, 3.05) is 7.11 Å². The van der Waals surface area contributed by atoms with Crippen molar-refractivity contribution in [1.29, 1.82) is 0 Å². The van der Waals surface area contributed by atoms with E-state index in [4.69, 9.17) is 5.21 Å². The fourth-order valence-corrected chi connectivity index (χ4v) is 1.12. The second kappa shape index (κ2) is 3.79. The molecule has 0 unspecified atom stereocenters. The zero-order valence-electron chi connectivity index (χ0n) is 7.91. The van der Waals surface area contributed by atoms with Crippen molar-refractivity contribution >= 4 is 6.21 Å². The molecule has 0 atom stereocenters. The Bertz CT molecular complexity index is 384. The van der Waals surface area contributed by atoms with Crippen molar-refractivity contribution in [3.05, 3.63) is 11.3 Å². The molecule has 0 bridgehead atoms. The highest BCUT2D eigenvalue weighted by Crippen LogP contribution is 2.37. The van der Waals surface area contributed by atoms with Crippen molar-refractivity contribution in [2.24, 2.45) is 12.2 Å². The van der Waals surface area contributed by atoms with Gasteiger partial charge >= 0.3 is 6.18 Å². The first-order chi connectivity index (χ1) is 6.91. The van der Waals surface area contributed by atoms with Crippen LogP contribution in [0.5, 0.6) is 5.88 Å². The molecule has 0 saturated carbocycles. The third-order valence-corrected chi connectivity index (χ3v) is 1.72. The fraction of sp³-hybridized carbons (Fsp3) is 0.429. The van der Waals surface area contributed by atoms with E-state index in [-0.39, 0.29) is 5.69 Å². The lowest BCUT2D eigenvalue weighted by Gasteiger charge is -2.06. The van der Waals surface area contributed by atoms with Gasteiger partial charge in [-0.1, -0.05) is 5.16 Å². The van der Waals surface area contributed by atoms with Gasteiger partial charge in [0.15, 0.2) is 0 Å². The maximum absolute atomic E-state index is 12.6. The standard InChI is InChI=1S/C7H8F3N3O2/c1-13-4(3-11-14)5(7(8,9)10)6(12-13)15-2/h3,14H,1-2H3/b11-3+. The molecule has 0 aliphatic rings. The molecule has 0 aliphatic carbocycles. The Balaban J connectivity index is 3.43. The second-order valence-electron chi connectivity index (χ2n) is 2.64. The average molecular weight is 223 g/mol. The Labute approximate surface area is 82.8 Å². The van der Waals surface area contributed by atoms with Crippen LogP contribution in [0.3, 0.4) is 0 Å². The lowest BCUT2D eigenvalue weighted by atomic mass is 10.2. The van der Waals surface area contributed by atoms with E-state index in [0.717, 1.165) is 11.8 Å². The summed E-state index contributed by atoms with van der Waals surface area (Å²) in [6, 6.07) is 0. The molecule has 15 heavy (non-hydrogen) atoms. The molecule has 0 radical (unpaired) electrons. The summed E-state index contributed by atoms with van der Waals surface area (Å²) in [7, 11) is 2.37. The lowest BCUT2D eigenvalue weighted by Crippen LogP contribution is -2.10. The summed E-state index contributed by atoms with van der Waals surface area (Å²) in [5.74, 6) is -0.556. The Hall–Kier alpha value is -1.73. The second-order valence-corrected chi connectivity index (χ2v) is 2.64. The molecule has 0 amide bonds. The molecule has 84 valence electrons. The number of halogens is 3. The maximum atomic E-state index is 12.6. The topological polar surface area (TPSA) is 59.6 Å². The normalized spacial score (nSPS) is 12.3. The third kappa shape index (κ3) is 2.03. The molecule has 5 nitrogen and oxygen atoms in total. The van der Waals surface area contributed by atoms with Crippen LogP contribution in [0.1, 0.15) is 11.3 Å². The molecule has 0 spiro atoms. The van der Waals surface area contributed by atoms with Crippen molar-refractivity contribution in [1.82, 2.24) is 9.78 Å². The molecule has 0 fully saturated rings.